The Bertz CT molecular complexity index is 535. The summed E-state index contributed by atoms with van der Waals surface area (Å²) in [5.41, 5.74) is 1.63. The summed E-state index contributed by atoms with van der Waals surface area (Å²) in [4.78, 5) is 0. The van der Waals surface area contributed by atoms with Crippen LogP contribution in [0.5, 0.6) is 0 Å². The zero-order chi connectivity index (χ0) is 15.3. The Labute approximate surface area is 129 Å². The fourth-order valence-corrected chi connectivity index (χ4v) is 4.11. The van der Waals surface area contributed by atoms with Gasteiger partial charge >= 0.3 is 0 Å². The van der Waals surface area contributed by atoms with E-state index in [0.29, 0.717) is 11.8 Å². The summed E-state index contributed by atoms with van der Waals surface area (Å²) in [6.45, 7) is 4.78. The van der Waals surface area contributed by atoms with E-state index in [0.717, 1.165) is 19.4 Å². The van der Waals surface area contributed by atoms with E-state index in [1.807, 2.05) is 0 Å². The van der Waals surface area contributed by atoms with E-state index in [-0.39, 0.29) is 11.2 Å². The number of rotatable bonds is 9. The average molecular weight is 309 g/mol. The van der Waals surface area contributed by atoms with E-state index in [1.54, 1.807) is 6.92 Å². The highest BCUT2D eigenvalue weighted by atomic mass is 32.2. The Morgan fingerprint density at radius 3 is 2.38 bits per heavy atom. The molecule has 1 unspecified atom stereocenters. The second-order valence-electron chi connectivity index (χ2n) is 6.01. The van der Waals surface area contributed by atoms with Crippen LogP contribution < -0.4 is 5.32 Å². The zero-order valence-electron chi connectivity index (χ0n) is 13.1. The molecular weight excluding hydrogens is 282 g/mol. The molecule has 0 amide bonds. The number of likely N-dealkylation sites (N-methyl/N-ethyl adjacent to an activating group) is 1. The van der Waals surface area contributed by atoms with Gasteiger partial charge < -0.3 is 5.32 Å². The largest absolute Gasteiger partial charge is 0.313 e. The van der Waals surface area contributed by atoms with Gasteiger partial charge in [-0.1, -0.05) is 44.2 Å². The van der Waals surface area contributed by atoms with Crippen LogP contribution in [0.3, 0.4) is 0 Å². The predicted molar refractivity (Wildman–Crippen MR) is 88.4 cm³/mol. The first-order valence-electron chi connectivity index (χ1n) is 8.03. The minimum Gasteiger partial charge on any atom is -0.313 e. The first-order chi connectivity index (χ1) is 10.0. The van der Waals surface area contributed by atoms with Gasteiger partial charge in [-0.15, -0.1) is 0 Å². The van der Waals surface area contributed by atoms with Crippen molar-refractivity contribution >= 4 is 9.84 Å². The third-order valence-corrected chi connectivity index (χ3v) is 6.43. The Balaban J connectivity index is 2.02. The van der Waals surface area contributed by atoms with E-state index >= 15 is 0 Å². The van der Waals surface area contributed by atoms with Crippen molar-refractivity contribution in [1.29, 1.82) is 0 Å². The molecule has 1 N–H and O–H groups in total. The van der Waals surface area contributed by atoms with Crippen molar-refractivity contribution in [3.63, 3.8) is 0 Å². The highest BCUT2D eigenvalue weighted by Gasteiger charge is 2.49. The molecule has 1 aromatic rings. The second-order valence-corrected chi connectivity index (χ2v) is 8.48. The first-order valence-corrected chi connectivity index (χ1v) is 9.85. The van der Waals surface area contributed by atoms with Gasteiger partial charge in [0.05, 0.1) is 5.75 Å². The molecule has 1 aromatic carbocycles. The van der Waals surface area contributed by atoms with Gasteiger partial charge in [-0.25, -0.2) is 8.42 Å². The highest BCUT2D eigenvalue weighted by molar-refractivity contribution is 7.91. The fraction of sp³-hybridized carbons (Fsp3) is 0.647. The van der Waals surface area contributed by atoms with Crippen LogP contribution in [0.2, 0.25) is 0 Å². The number of sulfone groups is 1. The minimum absolute atomic E-state index is 0.229. The molecule has 0 heterocycles. The molecule has 0 aromatic heterocycles. The van der Waals surface area contributed by atoms with Crippen LogP contribution >= 0.6 is 0 Å². The molecule has 21 heavy (non-hydrogen) atoms. The van der Waals surface area contributed by atoms with Gasteiger partial charge in [0.2, 0.25) is 0 Å². The molecule has 0 radical (unpaired) electrons. The molecule has 0 spiro atoms. The normalized spacial score (nSPS) is 18.4. The van der Waals surface area contributed by atoms with Crippen LogP contribution in [-0.2, 0) is 15.3 Å². The van der Waals surface area contributed by atoms with Gasteiger partial charge in [-0.05, 0) is 37.8 Å². The molecule has 0 bridgehead atoms. The van der Waals surface area contributed by atoms with Crippen molar-refractivity contribution < 1.29 is 8.42 Å². The van der Waals surface area contributed by atoms with Crippen molar-refractivity contribution in [2.24, 2.45) is 0 Å². The maximum Gasteiger partial charge on any atom is 0.150 e. The van der Waals surface area contributed by atoms with Gasteiger partial charge in [-0.3, -0.25) is 0 Å². The van der Waals surface area contributed by atoms with Crippen molar-refractivity contribution in [2.75, 3.05) is 18.1 Å². The summed E-state index contributed by atoms with van der Waals surface area (Å²) in [7, 11) is -2.85. The predicted octanol–water partition coefficient (Wildman–Crippen LogP) is 2.91. The van der Waals surface area contributed by atoms with E-state index < -0.39 is 9.84 Å². The van der Waals surface area contributed by atoms with Crippen LogP contribution in [0.15, 0.2) is 30.3 Å². The summed E-state index contributed by atoms with van der Waals surface area (Å²) in [6, 6.07) is 11.0. The molecule has 1 aliphatic rings. The quantitative estimate of drug-likeness (QED) is 0.763. The van der Waals surface area contributed by atoms with E-state index in [1.165, 1.54) is 18.4 Å². The van der Waals surface area contributed by atoms with Crippen molar-refractivity contribution in [3.8, 4) is 0 Å². The standard InChI is InChI=1S/C17H27NO2S/c1-3-18-16(11-8-14-21(19,20)4-2)17(12-13-17)15-9-6-5-7-10-15/h5-7,9-10,16,18H,3-4,8,11-14H2,1-2H3. The molecule has 0 aliphatic heterocycles. The van der Waals surface area contributed by atoms with Crippen molar-refractivity contribution in [1.82, 2.24) is 5.32 Å². The SMILES string of the molecule is CCNC(CCCS(=O)(=O)CC)C1(c2ccccc2)CC1. The third-order valence-electron chi connectivity index (χ3n) is 4.64. The zero-order valence-corrected chi connectivity index (χ0v) is 14.0. The average Bonchev–Trinajstić information content (AvgIpc) is 3.29. The fourth-order valence-electron chi connectivity index (χ4n) is 3.21. The van der Waals surface area contributed by atoms with Crippen molar-refractivity contribution in [2.45, 2.75) is 51.0 Å². The first kappa shape index (κ1) is 16.5. The van der Waals surface area contributed by atoms with Crippen LogP contribution in [0, 0.1) is 0 Å². The summed E-state index contributed by atoms with van der Waals surface area (Å²) < 4.78 is 23.3. The van der Waals surface area contributed by atoms with Crippen LogP contribution in [0.1, 0.15) is 45.1 Å². The molecule has 1 atom stereocenters. The van der Waals surface area contributed by atoms with Crippen LogP contribution in [-0.4, -0.2) is 32.5 Å². The monoisotopic (exact) mass is 309 g/mol. The molecule has 0 saturated heterocycles. The third kappa shape index (κ3) is 4.07. The van der Waals surface area contributed by atoms with Crippen LogP contribution in [0.25, 0.3) is 0 Å². The van der Waals surface area contributed by atoms with Gasteiger partial charge in [0, 0.05) is 17.2 Å². The minimum atomic E-state index is -2.85. The topological polar surface area (TPSA) is 46.2 Å². The van der Waals surface area contributed by atoms with Gasteiger partial charge in [-0.2, -0.15) is 0 Å². The molecule has 118 valence electrons. The Kier molecular flexibility index (Phi) is 5.44. The summed E-state index contributed by atoms with van der Waals surface area (Å²) in [5, 5.41) is 3.59. The van der Waals surface area contributed by atoms with Crippen LogP contribution in [0.4, 0.5) is 0 Å². The second kappa shape index (κ2) is 6.93. The molecule has 3 nitrogen and oxygen atoms in total. The van der Waals surface area contributed by atoms with Gasteiger partial charge in [0.25, 0.3) is 0 Å². The van der Waals surface area contributed by atoms with Crippen molar-refractivity contribution in [3.05, 3.63) is 35.9 Å². The van der Waals surface area contributed by atoms with E-state index in [4.69, 9.17) is 0 Å². The Morgan fingerprint density at radius 1 is 1.19 bits per heavy atom. The smallest absolute Gasteiger partial charge is 0.150 e. The maximum atomic E-state index is 11.7. The molecular formula is C17H27NO2S. The lowest BCUT2D eigenvalue weighted by Gasteiger charge is -2.28. The number of hydrogen-bond acceptors (Lipinski definition) is 3. The molecule has 2 rings (SSSR count). The lowest BCUT2D eigenvalue weighted by molar-refractivity contribution is 0.396. The number of benzene rings is 1. The summed E-state index contributed by atoms with van der Waals surface area (Å²) >= 11 is 0. The lowest BCUT2D eigenvalue weighted by Crippen LogP contribution is -2.40. The Hall–Kier alpha value is -0.870. The number of nitrogens with one attached hydrogen (secondary N) is 1. The van der Waals surface area contributed by atoms with Gasteiger partial charge in [0.15, 0.2) is 0 Å². The molecule has 1 saturated carbocycles. The van der Waals surface area contributed by atoms with E-state index in [2.05, 4.69) is 42.6 Å². The molecule has 1 fully saturated rings. The maximum absolute atomic E-state index is 11.7. The van der Waals surface area contributed by atoms with Gasteiger partial charge in [0.1, 0.15) is 9.84 Å². The molecule has 1 aliphatic carbocycles. The van der Waals surface area contributed by atoms with E-state index in [9.17, 15) is 8.42 Å². The highest BCUT2D eigenvalue weighted by Crippen LogP contribution is 2.52. The number of hydrogen-bond donors (Lipinski definition) is 1. The Morgan fingerprint density at radius 2 is 1.86 bits per heavy atom. The summed E-state index contributed by atoms with van der Waals surface area (Å²) in [6.07, 6.45) is 4.09. The molecule has 4 heteroatoms. The lowest BCUT2D eigenvalue weighted by atomic mass is 9.85. The summed E-state index contributed by atoms with van der Waals surface area (Å²) in [5.74, 6) is 0.568.